The molecule has 0 spiro atoms. The van der Waals surface area contributed by atoms with Crippen LogP contribution >= 0.6 is 11.3 Å². The lowest BCUT2D eigenvalue weighted by molar-refractivity contribution is -0.143. The number of benzene rings is 2. The summed E-state index contributed by atoms with van der Waals surface area (Å²) in [7, 11) is 0. The topological polar surface area (TPSA) is 40.5 Å². The highest BCUT2D eigenvalue weighted by Gasteiger charge is 2.31. The highest BCUT2D eigenvalue weighted by molar-refractivity contribution is 7.17. The fraction of sp³-hybridized carbons (Fsp3) is 0.318. The first kappa shape index (κ1) is 17.3. The molecule has 2 aromatic carbocycles. The first-order valence-electron chi connectivity index (χ1n) is 9.13. The summed E-state index contributed by atoms with van der Waals surface area (Å²) in [5.41, 5.74) is 3.89. The van der Waals surface area contributed by atoms with Gasteiger partial charge in [0.25, 0.3) is 0 Å². The molecule has 4 heteroatoms. The second-order valence-electron chi connectivity index (χ2n) is 7.15. The van der Waals surface area contributed by atoms with E-state index in [0.29, 0.717) is 0 Å². The van der Waals surface area contributed by atoms with E-state index >= 15 is 0 Å². The molecule has 2 heterocycles. The van der Waals surface area contributed by atoms with Crippen molar-refractivity contribution in [3.05, 3.63) is 70.6 Å². The summed E-state index contributed by atoms with van der Waals surface area (Å²) in [5.74, 6) is -0.860. The smallest absolute Gasteiger partial charge is 0.306 e. The highest BCUT2D eigenvalue weighted by Crippen LogP contribution is 2.39. The van der Waals surface area contributed by atoms with E-state index in [9.17, 15) is 9.90 Å². The van der Waals surface area contributed by atoms with E-state index < -0.39 is 5.97 Å². The number of fused-ring (bicyclic) bond motifs is 1. The van der Waals surface area contributed by atoms with Crippen LogP contribution in [0.5, 0.6) is 0 Å². The van der Waals surface area contributed by atoms with Crippen molar-refractivity contribution in [3.8, 4) is 0 Å². The predicted molar refractivity (Wildman–Crippen MR) is 107 cm³/mol. The second-order valence-corrected chi connectivity index (χ2v) is 8.06. The van der Waals surface area contributed by atoms with Crippen LogP contribution in [0.1, 0.15) is 35.6 Å². The van der Waals surface area contributed by atoms with Gasteiger partial charge in [-0.05, 0) is 60.8 Å². The molecule has 1 unspecified atom stereocenters. The van der Waals surface area contributed by atoms with E-state index in [1.54, 1.807) is 11.3 Å². The molecule has 0 bridgehead atoms. The van der Waals surface area contributed by atoms with Crippen molar-refractivity contribution < 1.29 is 9.90 Å². The van der Waals surface area contributed by atoms with Crippen molar-refractivity contribution in [2.24, 2.45) is 5.92 Å². The maximum atomic E-state index is 11.3. The molecule has 4 rings (SSSR count). The van der Waals surface area contributed by atoms with Crippen LogP contribution in [-0.4, -0.2) is 29.1 Å². The van der Waals surface area contributed by atoms with Crippen molar-refractivity contribution in [1.82, 2.24) is 4.90 Å². The number of thiophene rings is 1. The Morgan fingerprint density at radius 2 is 1.92 bits per heavy atom. The van der Waals surface area contributed by atoms with Gasteiger partial charge in [0.15, 0.2) is 0 Å². The fourth-order valence-corrected chi connectivity index (χ4v) is 5.02. The maximum absolute atomic E-state index is 11.3. The minimum atomic E-state index is -0.655. The minimum absolute atomic E-state index is 0.181. The predicted octanol–water partition coefficient (Wildman–Crippen LogP) is 5.10. The summed E-state index contributed by atoms with van der Waals surface area (Å²) in [6.45, 7) is 3.77. The van der Waals surface area contributed by atoms with Gasteiger partial charge in [-0.25, -0.2) is 0 Å². The number of hydrogen-bond acceptors (Lipinski definition) is 3. The van der Waals surface area contributed by atoms with Crippen molar-refractivity contribution in [2.75, 3.05) is 13.1 Å². The third-order valence-corrected chi connectivity index (χ3v) is 6.39. The normalized spacial score (nSPS) is 17.4. The fourth-order valence-electron chi connectivity index (χ4n) is 4.04. The Bertz CT molecular complexity index is 925. The van der Waals surface area contributed by atoms with Gasteiger partial charge in [-0.1, -0.05) is 48.0 Å². The molecule has 0 radical (unpaired) electrons. The number of carbonyl (C=O) groups is 1. The lowest BCUT2D eigenvalue weighted by Gasteiger charge is -2.37. The maximum Gasteiger partial charge on any atom is 0.306 e. The van der Waals surface area contributed by atoms with E-state index in [1.165, 1.54) is 26.8 Å². The van der Waals surface area contributed by atoms with E-state index in [0.717, 1.165) is 25.9 Å². The Balaban J connectivity index is 1.74. The SMILES string of the molecule is Cc1cccc(C(c2csc3ccccc23)N2CCC(C(=O)O)CC2)c1. The molecule has 26 heavy (non-hydrogen) atoms. The van der Waals surface area contributed by atoms with Crippen LogP contribution in [-0.2, 0) is 4.79 Å². The van der Waals surface area contributed by atoms with E-state index in [1.807, 2.05) is 0 Å². The first-order chi connectivity index (χ1) is 12.6. The number of piperidine rings is 1. The summed E-state index contributed by atoms with van der Waals surface area (Å²) < 4.78 is 1.31. The molecule has 1 N–H and O–H groups in total. The molecule has 3 aromatic rings. The monoisotopic (exact) mass is 365 g/mol. The largest absolute Gasteiger partial charge is 0.481 e. The van der Waals surface area contributed by atoms with Gasteiger partial charge in [0, 0.05) is 4.70 Å². The molecular weight excluding hydrogens is 342 g/mol. The number of hydrogen-bond donors (Lipinski definition) is 1. The summed E-state index contributed by atoms with van der Waals surface area (Å²) >= 11 is 1.79. The summed E-state index contributed by atoms with van der Waals surface area (Å²) in [5, 5.41) is 12.9. The lowest BCUT2D eigenvalue weighted by Crippen LogP contribution is -2.39. The van der Waals surface area contributed by atoms with Gasteiger partial charge in [-0.15, -0.1) is 11.3 Å². The molecule has 0 aliphatic carbocycles. The van der Waals surface area contributed by atoms with E-state index in [2.05, 4.69) is 65.7 Å². The van der Waals surface area contributed by atoms with Crippen LogP contribution in [0, 0.1) is 12.8 Å². The van der Waals surface area contributed by atoms with Gasteiger partial charge >= 0.3 is 5.97 Å². The Labute approximate surface area is 157 Å². The van der Waals surface area contributed by atoms with Crippen LogP contribution in [0.4, 0.5) is 0 Å². The lowest BCUT2D eigenvalue weighted by atomic mass is 9.90. The zero-order chi connectivity index (χ0) is 18.1. The third-order valence-electron chi connectivity index (χ3n) is 5.41. The number of rotatable bonds is 4. The first-order valence-corrected chi connectivity index (χ1v) is 10.0. The average Bonchev–Trinajstić information content (AvgIpc) is 3.07. The van der Waals surface area contributed by atoms with Crippen LogP contribution in [0.15, 0.2) is 53.9 Å². The minimum Gasteiger partial charge on any atom is -0.481 e. The number of nitrogens with zero attached hydrogens (tertiary/aromatic N) is 1. The van der Waals surface area contributed by atoms with Crippen LogP contribution < -0.4 is 0 Å². The molecule has 0 amide bonds. The molecule has 1 aliphatic rings. The van der Waals surface area contributed by atoms with Gasteiger partial charge in [0.2, 0.25) is 0 Å². The Kier molecular flexibility index (Phi) is 4.79. The summed E-state index contributed by atoms with van der Waals surface area (Å²) in [6, 6.07) is 17.5. The van der Waals surface area contributed by atoms with Crippen molar-refractivity contribution in [1.29, 1.82) is 0 Å². The van der Waals surface area contributed by atoms with Crippen LogP contribution in [0.25, 0.3) is 10.1 Å². The summed E-state index contributed by atoms with van der Waals surface area (Å²) in [4.78, 5) is 13.8. The van der Waals surface area contributed by atoms with E-state index in [4.69, 9.17) is 0 Å². The Morgan fingerprint density at radius 3 is 2.65 bits per heavy atom. The number of carboxylic acids is 1. The highest BCUT2D eigenvalue weighted by atomic mass is 32.1. The second kappa shape index (κ2) is 7.22. The van der Waals surface area contributed by atoms with E-state index in [-0.39, 0.29) is 12.0 Å². The van der Waals surface area contributed by atoms with Gasteiger partial charge in [-0.2, -0.15) is 0 Å². The standard InChI is InChI=1S/C22H23NO2S/c1-15-5-4-6-17(13-15)21(23-11-9-16(10-12-23)22(24)25)19-14-26-20-8-3-2-7-18(19)20/h2-8,13-14,16,21H,9-12H2,1H3,(H,24,25). The summed E-state index contributed by atoms with van der Waals surface area (Å²) in [6.07, 6.45) is 1.44. The molecule has 3 nitrogen and oxygen atoms in total. The van der Waals surface area contributed by atoms with Crippen molar-refractivity contribution in [2.45, 2.75) is 25.8 Å². The van der Waals surface area contributed by atoms with Crippen molar-refractivity contribution in [3.63, 3.8) is 0 Å². The Hall–Kier alpha value is -2.17. The molecule has 134 valence electrons. The molecule has 1 saturated heterocycles. The Morgan fingerprint density at radius 1 is 1.15 bits per heavy atom. The number of aryl methyl sites for hydroxylation is 1. The van der Waals surface area contributed by atoms with Gasteiger partial charge < -0.3 is 5.11 Å². The number of likely N-dealkylation sites (tertiary alicyclic amines) is 1. The molecule has 0 saturated carbocycles. The van der Waals surface area contributed by atoms with Gasteiger partial charge in [0.05, 0.1) is 12.0 Å². The van der Waals surface area contributed by atoms with Gasteiger partial charge in [0.1, 0.15) is 0 Å². The number of aliphatic carboxylic acids is 1. The zero-order valence-corrected chi connectivity index (χ0v) is 15.7. The molecule has 1 fully saturated rings. The zero-order valence-electron chi connectivity index (χ0n) is 14.9. The molecule has 1 atom stereocenters. The number of carboxylic acid groups (broad SMARTS) is 1. The molecule has 1 aliphatic heterocycles. The quantitative estimate of drug-likeness (QED) is 0.699. The molecule has 1 aromatic heterocycles. The van der Waals surface area contributed by atoms with Crippen LogP contribution in [0.3, 0.4) is 0 Å². The third kappa shape index (κ3) is 3.27. The van der Waals surface area contributed by atoms with Crippen LogP contribution in [0.2, 0.25) is 0 Å². The van der Waals surface area contributed by atoms with Gasteiger partial charge in [-0.3, -0.25) is 9.69 Å². The average molecular weight is 365 g/mol. The molecular formula is C22H23NO2S. The van der Waals surface area contributed by atoms with Crippen molar-refractivity contribution >= 4 is 27.4 Å².